The molecule has 6 heteroatoms. The highest BCUT2D eigenvalue weighted by atomic mass is 79.9. The van der Waals surface area contributed by atoms with Crippen LogP contribution in [0, 0.1) is 5.82 Å². The van der Waals surface area contributed by atoms with Crippen molar-refractivity contribution in [1.29, 1.82) is 0 Å². The molecule has 3 rings (SSSR count). The number of halogens is 2. The molecular weight excluding hydrogens is 323 g/mol. The highest BCUT2D eigenvalue weighted by Gasteiger charge is 2.13. The van der Waals surface area contributed by atoms with Crippen LogP contribution < -0.4 is 10.2 Å². The van der Waals surface area contributed by atoms with Gasteiger partial charge in [-0.3, -0.25) is 0 Å². The SMILES string of the molecule is Fc1ccc(Br)cc1-c1cnc(N2CCNCC2)nc1. The summed E-state index contributed by atoms with van der Waals surface area (Å²) in [6.45, 7) is 3.66. The van der Waals surface area contributed by atoms with E-state index in [1.807, 2.05) is 0 Å². The third-order valence-electron chi connectivity index (χ3n) is 3.28. The lowest BCUT2D eigenvalue weighted by Gasteiger charge is -2.27. The van der Waals surface area contributed by atoms with Crippen LogP contribution in [0.3, 0.4) is 0 Å². The molecule has 1 aliphatic heterocycles. The summed E-state index contributed by atoms with van der Waals surface area (Å²) >= 11 is 3.35. The fourth-order valence-electron chi connectivity index (χ4n) is 2.21. The van der Waals surface area contributed by atoms with E-state index in [0.717, 1.165) is 30.7 Å². The molecule has 0 bridgehead atoms. The summed E-state index contributed by atoms with van der Waals surface area (Å²) < 4.78 is 14.6. The molecule has 0 saturated carbocycles. The Morgan fingerprint density at radius 2 is 1.85 bits per heavy atom. The van der Waals surface area contributed by atoms with Crippen molar-refractivity contribution >= 4 is 21.9 Å². The third-order valence-corrected chi connectivity index (χ3v) is 3.77. The van der Waals surface area contributed by atoms with Gasteiger partial charge in [0.1, 0.15) is 5.82 Å². The summed E-state index contributed by atoms with van der Waals surface area (Å²) in [5, 5.41) is 3.28. The highest BCUT2D eigenvalue weighted by molar-refractivity contribution is 9.10. The molecular formula is C14H14BrFN4. The van der Waals surface area contributed by atoms with Gasteiger partial charge < -0.3 is 10.2 Å². The van der Waals surface area contributed by atoms with Gasteiger partial charge in [-0.2, -0.15) is 0 Å². The number of benzene rings is 1. The molecule has 1 aliphatic rings. The number of nitrogens with zero attached hydrogens (tertiary/aromatic N) is 3. The molecule has 0 radical (unpaired) electrons. The molecule has 0 spiro atoms. The number of nitrogens with one attached hydrogen (secondary N) is 1. The topological polar surface area (TPSA) is 41.1 Å². The van der Waals surface area contributed by atoms with Crippen LogP contribution in [-0.4, -0.2) is 36.1 Å². The first-order valence-electron chi connectivity index (χ1n) is 6.47. The zero-order valence-corrected chi connectivity index (χ0v) is 12.4. The first-order valence-corrected chi connectivity index (χ1v) is 7.26. The van der Waals surface area contributed by atoms with Crippen LogP contribution in [0.1, 0.15) is 0 Å². The largest absolute Gasteiger partial charge is 0.338 e. The Kier molecular flexibility index (Phi) is 3.93. The van der Waals surface area contributed by atoms with Crippen molar-refractivity contribution in [3.05, 3.63) is 40.9 Å². The van der Waals surface area contributed by atoms with Gasteiger partial charge in [-0.25, -0.2) is 14.4 Å². The molecule has 0 atom stereocenters. The number of rotatable bonds is 2. The minimum Gasteiger partial charge on any atom is -0.338 e. The van der Waals surface area contributed by atoms with E-state index < -0.39 is 0 Å². The lowest BCUT2D eigenvalue weighted by molar-refractivity contribution is 0.580. The zero-order chi connectivity index (χ0) is 13.9. The highest BCUT2D eigenvalue weighted by Crippen LogP contribution is 2.25. The van der Waals surface area contributed by atoms with Crippen LogP contribution >= 0.6 is 15.9 Å². The summed E-state index contributed by atoms with van der Waals surface area (Å²) in [4.78, 5) is 10.8. The van der Waals surface area contributed by atoms with E-state index in [0.29, 0.717) is 17.1 Å². The van der Waals surface area contributed by atoms with Gasteiger partial charge in [0.2, 0.25) is 5.95 Å². The third kappa shape index (κ3) is 2.81. The van der Waals surface area contributed by atoms with Crippen molar-refractivity contribution in [1.82, 2.24) is 15.3 Å². The van der Waals surface area contributed by atoms with Crippen LogP contribution in [0.2, 0.25) is 0 Å². The van der Waals surface area contributed by atoms with Gasteiger partial charge in [-0.05, 0) is 18.2 Å². The van der Waals surface area contributed by atoms with Crippen molar-refractivity contribution in [2.75, 3.05) is 31.1 Å². The molecule has 1 N–H and O–H groups in total. The summed E-state index contributed by atoms with van der Waals surface area (Å²) in [5.74, 6) is 0.428. The predicted octanol–water partition coefficient (Wildman–Crippen LogP) is 2.45. The molecule has 0 aliphatic carbocycles. The van der Waals surface area contributed by atoms with Crippen molar-refractivity contribution in [2.24, 2.45) is 0 Å². The molecule has 1 fully saturated rings. The molecule has 0 unspecified atom stereocenters. The zero-order valence-electron chi connectivity index (χ0n) is 10.8. The number of hydrogen-bond acceptors (Lipinski definition) is 4. The van der Waals surface area contributed by atoms with E-state index in [4.69, 9.17) is 0 Å². The molecule has 4 nitrogen and oxygen atoms in total. The monoisotopic (exact) mass is 336 g/mol. The maximum absolute atomic E-state index is 13.8. The Hall–Kier alpha value is -1.53. The number of piperazine rings is 1. The lowest BCUT2D eigenvalue weighted by atomic mass is 10.1. The van der Waals surface area contributed by atoms with Crippen molar-refractivity contribution in [3.63, 3.8) is 0 Å². The second kappa shape index (κ2) is 5.85. The average molecular weight is 337 g/mol. The minimum absolute atomic E-state index is 0.272. The van der Waals surface area contributed by atoms with E-state index in [9.17, 15) is 4.39 Å². The van der Waals surface area contributed by atoms with Crippen LogP contribution in [0.5, 0.6) is 0 Å². The second-order valence-electron chi connectivity index (χ2n) is 4.63. The smallest absolute Gasteiger partial charge is 0.225 e. The molecule has 0 amide bonds. The second-order valence-corrected chi connectivity index (χ2v) is 5.55. The number of hydrogen-bond donors (Lipinski definition) is 1. The minimum atomic E-state index is -0.272. The Bertz CT molecular complexity index is 597. The average Bonchev–Trinajstić information content (AvgIpc) is 2.51. The summed E-state index contributed by atoms with van der Waals surface area (Å²) in [5.41, 5.74) is 1.19. The summed E-state index contributed by atoms with van der Waals surface area (Å²) in [6.07, 6.45) is 3.35. The first-order chi connectivity index (χ1) is 9.74. The van der Waals surface area contributed by atoms with Gasteiger partial charge >= 0.3 is 0 Å². The Morgan fingerprint density at radius 1 is 1.15 bits per heavy atom. The molecule has 1 aromatic heterocycles. The molecule has 104 valence electrons. The van der Waals surface area contributed by atoms with Crippen LogP contribution in [0.4, 0.5) is 10.3 Å². The van der Waals surface area contributed by atoms with Gasteiger partial charge in [0.15, 0.2) is 0 Å². The Balaban J connectivity index is 1.87. The number of aromatic nitrogens is 2. The molecule has 1 aromatic carbocycles. The van der Waals surface area contributed by atoms with E-state index in [1.165, 1.54) is 6.07 Å². The van der Waals surface area contributed by atoms with Crippen molar-refractivity contribution in [3.8, 4) is 11.1 Å². The lowest BCUT2D eigenvalue weighted by Crippen LogP contribution is -2.44. The first kappa shape index (κ1) is 13.5. The van der Waals surface area contributed by atoms with Crippen molar-refractivity contribution in [2.45, 2.75) is 0 Å². The fraction of sp³-hybridized carbons (Fsp3) is 0.286. The quantitative estimate of drug-likeness (QED) is 0.914. The maximum atomic E-state index is 13.8. The summed E-state index contributed by atoms with van der Waals surface area (Å²) in [7, 11) is 0. The van der Waals surface area contributed by atoms with Crippen LogP contribution in [0.25, 0.3) is 11.1 Å². The Labute approximate surface area is 125 Å². The molecule has 1 saturated heterocycles. The van der Waals surface area contributed by atoms with Crippen LogP contribution in [0.15, 0.2) is 35.1 Å². The normalized spacial score (nSPS) is 15.4. The fourth-order valence-corrected chi connectivity index (χ4v) is 2.57. The standard InChI is InChI=1S/C14H14BrFN4/c15-11-1-2-13(16)12(7-11)10-8-18-14(19-9-10)20-5-3-17-4-6-20/h1-2,7-9,17H,3-6H2. The van der Waals surface area contributed by atoms with E-state index in [-0.39, 0.29) is 5.82 Å². The van der Waals surface area contributed by atoms with Gasteiger partial charge in [0, 0.05) is 54.2 Å². The predicted molar refractivity (Wildman–Crippen MR) is 80.2 cm³/mol. The number of anilines is 1. The van der Waals surface area contributed by atoms with Gasteiger partial charge in [0.05, 0.1) is 0 Å². The molecule has 2 aromatic rings. The van der Waals surface area contributed by atoms with Gasteiger partial charge in [-0.1, -0.05) is 15.9 Å². The van der Waals surface area contributed by atoms with E-state index in [1.54, 1.807) is 24.5 Å². The van der Waals surface area contributed by atoms with E-state index in [2.05, 4.69) is 36.1 Å². The van der Waals surface area contributed by atoms with Gasteiger partial charge in [-0.15, -0.1) is 0 Å². The van der Waals surface area contributed by atoms with Crippen LogP contribution in [-0.2, 0) is 0 Å². The van der Waals surface area contributed by atoms with Gasteiger partial charge in [0.25, 0.3) is 0 Å². The Morgan fingerprint density at radius 3 is 2.55 bits per heavy atom. The molecule has 20 heavy (non-hydrogen) atoms. The summed E-state index contributed by atoms with van der Waals surface area (Å²) in [6, 6.07) is 4.84. The van der Waals surface area contributed by atoms with Crippen molar-refractivity contribution < 1.29 is 4.39 Å². The maximum Gasteiger partial charge on any atom is 0.225 e. The molecule has 2 heterocycles. The van der Waals surface area contributed by atoms with E-state index >= 15 is 0 Å².